The number of nitrogens with two attached hydrogens (primary N) is 1. The van der Waals surface area contributed by atoms with Gasteiger partial charge in [0, 0.05) is 5.56 Å². The van der Waals surface area contributed by atoms with Crippen molar-refractivity contribution in [2.45, 2.75) is 13.8 Å². The number of aryl methyl sites for hydroxylation is 2. The number of hydrogen-bond acceptors (Lipinski definition) is 5. The zero-order valence-corrected chi connectivity index (χ0v) is 10.3. The molecular weight excluding hydrogens is 251 g/mol. The number of halogens is 1. The van der Waals surface area contributed by atoms with Crippen LogP contribution in [-0.2, 0) is 0 Å². The van der Waals surface area contributed by atoms with E-state index in [0.29, 0.717) is 11.1 Å². The Hall–Kier alpha value is -2.57. The number of hydrogen-bond donors (Lipinski definition) is 1. The average molecular weight is 262 g/mol. The molecule has 1 heterocycles. The topological polar surface area (TPSA) is 94.9 Å². The van der Waals surface area contributed by atoms with Gasteiger partial charge in [-0.25, -0.2) is 14.4 Å². The molecule has 98 valence electrons. The number of anilines is 1. The molecule has 1 aromatic carbocycles. The lowest BCUT2D eigenvalue weighted by atomic mass is 10.1. The number of nitrogens with zero attached hydrogens (tertiary/aromatic N) is 3. The fourth-order valence-electron chi connectivity index (χ4n) is 1.75. The second-order valence-electron chi connectivity index (χ2n) is 4.09. The molecule has 1 aromatic heterocycles. The van der Waals surface area contributed by atoms with Crippen LogP contribution in [0, 0.1) is 29.8 Å². The lowest BCUT2D eigenvalue weighted by Crippen LogP contribution is -2.04. The van der Waals surface area contributed by atoms with Crippen LogP contribution in [-0.4, -0.2) is 14.9 Å². The summed E-state index contributed by atoms with van der Waals surface area (Å²) in [6.45, 7) is 3.07. The zero-order chi connectivity index (χ0) is 14.2. The number of nitrogen functional groups attached to an aromatic ring is 1. The minimum absolute atomic E-state index is 0.0221. The molecule has 0 saturated heterocycles. The van der Waals surface area contributed by atoms with Crippen molar-refractivity contribution in [1.29, 1.82) is 0 Å². The first-order valence-electron chi connectivity index (χ1n) is 5.45. The third-order valence-corrected chi connectivity index (χ3v) is 2.70. The molecule has 0 radical (unpaired) electrons. The predicted octanol–water partition coefficient (Wildman–Crippen LogP) is 2.39. The van der Waals surface area contributed by atoms with E-state index >= 15 is 0 Å². The van der Waals surface area contributed by atoms with Crippen LogP contribution >= 0.6 is 0 Å². The molecule has 2 aromatic rings. The van der Waals surface area contributed by atoms with E-state index < -0.39 is 10.7 Å². The van der Waals surface area contributed by atoms with Crippen LogP contribution in [0.15, 0.2) is 18.2 Å². The minimum atomic E-state index is -0.595. The molecule has 2 rings (SSSR count). The number of benzene rings is 1. The lowest BCUT2D eigenvalue weighted by molar-refractivity contribution is -0.385. The molecule has 0 spiro atoms. The standard InChI is InChI=1S/C12H11FN4O2/c1-6-3-4-8(5-9(6)13)10-11(17(18)19)7(2)15-12(14)16-10/h3-5H,1-2H3,(H2,14,15,16). The SMILES string of the molecule is Cc1ccc(-c2nc(N)nc(C)c2[N+](=O)[O-])cc1F. The van der Waals surface area contributed by atoms with Crippen molar-refractivity contribution in [3.8, 4) is 11.3 Å². The summed E-state index contributed by atoms with van der Waals surface area (Å²) in [4.78, 5) is 18.1. The normalized spacial score (nSPS) is 10.5. The van der Waals surface area contributed by atoms with Crippen LogP contribution in [0.4, 0.5) is 16.0 Å². The highest BCUT2D eigenvalue weighted by atomic mass is 19.1. The largest absolute Gasteiger partial charge is 0.368 e. The van der Waals surface area contributed by atoms with E-state index in [2.05, 4.69) is 9.97 Å². The van der Waals surface area contributed by atoms with Gasteiger partial charge in [-0.15, -0.1) is 0 Å². The second-order valence-corrected chi connectivity index (χ2v) is 4.09. The van der Waals surface area contributed by atoms with E-state index in [0.717, 1.165) is 0 Å². The maximum Gasteiger partial charge on any atom is 0.316 e. The fourth-order valence-corrected chi connectivity index (χ4v) is 1.75. The average Bonchev–Trinajstić information content (AvgIpc) is 2.31. The van der Waals surface area contributed by atoms with E-state index in [9.17, 15) is 14.5 Å². The van der Waals surface area contributed by atoms with Crippen molar-refractivity contribution in [3.05, 3.63) is 45.4 Å². The summed E-state index contributed by atoms with van der Waals surface area (Å²) in [6, 6.07) is 4.29. The molecule has 0 atom stereocenters. The Bertz CT molecular complexity index is 673. The van der Waals surface area contributed by atoms with Gasteiger partial charge in [0.05, 0.1) is 4.92 Å². The first-order valence-corrected chi connectivity index (χ1v) is 5.45. The first kappa shape index (κ1) is 12.9. The van der Waals surface area contributed by atoms with Crippen molar-refractivity contribution < 1.29 is 9.31 Å². The molecule has 0 aliphatic heterocycles. The Kier molecular flexibility index (Phi) is 3.12. The van der Waals surface area contributed by atoms with Crippen LogP contribution in [0.1, 0.15) is 11.3 Å². The summed E-state index contributed by atoms with van der Waals surface area (Å²) in [7, 11) is 0. The van der Waals surface area contributed by atoms with E-state index in [1.807, 2.05) is 0 Å². The van der Waals surface area contributed by atoms with Crippen molar-refractivity contribution in [2.75, 3.05) is 5.73 Å². The summed E-state index contributed by atoms with van der Waals surface area (Å²) in [5.41, 5.74) is 6.15. The maximum atomic E-state index is 13.6. The van der Waals surface area contributed by atoms with E-state index in [1.54, 1.807) is 13.0 Å². The van der Waals surface area contributed by atoms with Gasteiger partial charge in [-0.05, 0) is 25.5 Å². The monoisotopic (exact) mass is 262 g/mol. The zero-order valence-electron chi connectivity index (χ0n) is 10.3. The van der Waals surface area contributed by atoms with Gasteiger partial charge in [-0.1, -0.05) is 12.1 Å². The Morgan fingerprint density at radius 2 is 2.00 bits per heavy atom. The minimum Gasteiger partial charge on any atom is -0.368 e. The summed E-state index contributed by atoms with van der Waals surface area (Å²) in [5.74, 6) is -0.541. The number of rotatable bonds is 2. The fraction of sp³-hybridized carbons (Fsp3) is 0.167. The molecule has 0 bridgehead atoms. The van der Waals surface area contributed by atoms with Gasteiger partial charge in [0.2, 0.25) is 5.95 Å². The first-order chi connectivity index (χ1) is 8.90. The van der Waals surface area contributed by atoms with Gasteiger partial charge in [0.1, 0.15) is 11.5 Å². The molecule has 0 unspecified atom stereocenters. The highest BCUT2D eigenvalue weighted by molar-refractivity contribution is 5.72. The molecule has 6 nitrogen and oxygen atoms in total. The molecule has 0 aliphatic carbocycles. The molecule has 0 saturated carbocycles. The van der Waals surface area contributed by atoms with Crippen LogP contribution in [0.5, 0.6) is 0 Å². The van der Waals surface area contributed by atoms with Crippen molar-refractivity contribution in [1.82, 2.24) is 9.97 Å². The van der Waals surface area contributed by atoms with Gasteiger partial charge in [0.25, 0.3) is 0 Å². The summed E-state index contributed by atoms with van der Waals surface area (Å²) in [6.07, 6.45) is 0. The quantitative estimate of drug-likeness (QED) is 0.662. The molecule has 2 N–H and O–H groups in total. The Balaban J connectivity index is 2.73. The van der Waals surface area contributed by atoms with Crippen LogP contribution in [0.3, 0.4) is 0 Å². The second kappa shape index (κ2) is 4.60. The van der Waals surface area contributed by atoms with Gasteiger partial charge < -0.3 is 5.73 Å². The van der Waals surface area contributed by atoms with Crippen molar-refractivity contribution in [2.24, 2.45) is 0 Å². The van der Waals surface area contributed by atoms with Gasteiger partial charge in [0.15, 0.2) is 5.69 Å². The molecule has 0 amide bonds. The van der Waals surface area contributed by atoms with Crippen LogP contribution in [0.2, 0.25) is 0 Å². The van der Waals surface area contributed by atoms with Gasteiger partial charge in [-0.3, -0.25) is 10.1 Å². The van der Waals surface area contributed by atoms with Crippen LogP contribution < -0.4 is 5.73 Å². The smallest absolute Gasteiger partial charge is 0.316 e. The maximum absolute atomic E-state index is 13.6. The molecule has 19 heavy (non-hydrogen) atoms. The van der Waals surface area contributed by atoms with Gasteiger partial charge >= 0.3 is 5.69 Å². The summed E-state index contributed by atoms with van der Waals surface area (Å²) >= 11 is 0. The summed E-state index contributed by atoms with van der Waals surface area (Å²) < 4.78 is 13.6. The van der Waals surface area contributed by atoms with Crippen molar-refractivity contribution >= 4 is 11.6 Å². The highest BCUT2D eigenvalue weighted by Gasteiger charge is 2.23. The third kappa shape index (κ3) is 2.35. The van der Waals surface area contributed by atoms with E-state index in [1.165, 1.54) is 19.1 Å². The predicted molar refractivity (Wildman–Crippen MR) is 68.0 cm³/mol. The highest BCUT2D eigenvalue weighted by Crippen LogP contribution is 2.31. The lowest BCUT2D eigenvalue weighted by Gasteiger charge is -2.06. The molecule has 0 aliphatic rings. The van der Waals surface area contributed by atoms with Crippen LogP contribution in [0.25, 0.3) is 11.3 Å². The Labute approximate surface area is 108 Å². The molecule has 7 heteroatoms. The van der Waals surface area contributed by atoms with E-state index in [4.69, 9.17) is 5.73 Å². The Morgan fingerprint density at radius 1 is 1.32 bits per heavy atom. The van der Waals surface area contributed by atoms with Gasteiger partial charge in [-0.2, -0.15) is 0 Å². The Morgan fingerprint density at radius 3 is 2.58 bits per heavy atom. The number of nitro groups is 1. The number of aromatic nitrogens is 2. The summed E-state index contributed by atoms with van der Waals surface area (Å²) in [5, 5.41) is 11.1. The molecule has 0 fully saturated rings. The van der Waals surface area contributed by atoms with Crippen molar-refractivity contribution in [3.63, 3.8) is 0 Å². The third-order valence-electron chi connectivity index (χ3n) is 2.70. The van der Waals surface area contributed by atoms with E-state index in [-0.39, 0.29) is 23.0 Å². The molecular formula is C12H11FN4O2.